The van der Waals surface area contributed by atoms with E-state index in [-0.39, 0.29) is 0 Å². The van der Waals surface area contributed by atoms with Crippen molar-refractivity contribution in [2.45, 2.75) is 69.0 Å². The van der Waals surface area contributed by atoms with Crippen molar-refractivity contribution in [3.05, 3.63) is 0 Å². The minimum atomic E-state index is -1.91. The molecule has 0 amide bonds. The van der Waals surface area contributed by atoms with Crippen molar-refractivity contribution in [1.29, 1.82) is 0 Å². The molecule has 1 saturated heterocycles. The number of hydrogen-bond donors (Lipinski definition) is 7. The smallest absolute Gasteiger partial charge is 0.187 e. The van der Waals surface area contributed by atoms with Gasteiger partial charge in [0.15, 0.2) is 12.1 Å². The van der Waals surface area contributed by atoms with Crippen LogP contribution in [-0.2, 0) is 14.3 Å². The Labute approximate surface area is 132 Å². The van der Waals surface area contributed by atoms with Gasteiger partial charge in [0.25, 0.3) is 0 Å². The molecule has 0 radical (unpaired) electrons. The van der Waals surface area contributed by atoms with Gasteiger partial charge in [0.2, 0.25) is 0 Å². The number of aliphatic hydroxyl groups is 7. The van der Waals surface area contributed by atoms with E-state index < -0.39 is 67.5 Å². The molecule has 1 aliphatic rings. The molecule has 0 aromatic carbocycles. The maximum atomic E-state index is 11.1. The molecule has 1 rings (SSSR count). The van der Waals surface area contributed by atoms with Gasteiger partial charge in [-0.2, -0.15) is 0 Å². The Hall–Kier alpha value is -0.690. The van der Waals surface area contributed by atoms with E-state index in [1.165, 1.54) is 6.92 Å². The van der Waals surface area contributed by atoms with Crippen LogP contribution in [0.25, 0.3) is 0 Å². The first kappa shape index (κ1) is 20.4. The molecule has 10 heteroatoms. The molecule has 0 bridgehead atoms. The summed E-state index contributed by atoms with van der Waals surface area (Å²) < 4.78 is 10.3. The van der Waals surface area contributed by atoms with Crippen LogP contribution in [0.15, 0.2) is 0 Å². The van der Waals surface area contributed by atoms with Gasteiger partial charge < -0.3 is 45.2 Å². The first-order chi connectivity index (χ1) is 10.6. The van der Waals surface area contributed by atoms with E-state index in [1.807, 2.05) is 0 Å². The number of carbonyl (C=O) groups excluding carboxylic acids is 1. The largest absolute Gasteiger partial charge is 0.394 e. The number of aliphatic hydroxyl groups excluding tert-OH is 7. The normalized spacial score (nSPS) is 37.0. The zero-order valence-electron chi connectivity index (χ0n) is 12.8. The molecule has 0 aliphatic carbocycles. The summed E-state index contributed by atoms with van der Waals surface area (Å²) in [6.07, 6.45) is -14.4. The average Bonchev–Trinajstić information content (AvgIpc) is 2.52. The van der Waals surface area contributed by atoms with Gasteiger partial charge in [0, 0.05) is 0 Å². The maximum absolute atomic E-state index is 11.1. The number of ketones is 1. The second-order valence-electron chi connectivity index (χ2n) is 5.58. The zero-order valence-corrected chi connectivity index (χ0v) is 12.8. The van der Waals surface area contributed by atoms with Crippen molar-refractivity contribution >= 4 is 5.78 Å². The third kappa shape index (κ3) is 4.66. The minimum Gasteiger partial charge on any atom is -0.394 e. The molecular formula is C13H24O10. The van der Waals surface area contributed by atoms with Gasteiger partial charge in [-0.05, 0) is 13.8 Å². The number of hydrogen-bond acceptors (Lipinski definition) is 10. The summed E-state index contributed by atoms with van der Waals surface area (Å²) in [5.41, 5.74) is 0. The Morgan fingerprint density at radius 2 is 1.70 bits per heavy atom. The molecule has 23 heavy (non-hydrogen) atoms. The van der Waals surface area contributed by atoms with E-state index >= 15 is 0 Å². The summed E-state index contributed by atoms with van der Waals surface area (Å²) in [5.74, 6) is -0.801. The average molecular weight is 340 g/mol. The van der Waals surface area contributed by atoms with Gasteiger partial charge >= 0.3 is 0 Å². The van der Waals surface area contributed by atoms with E-state index in [1.54, 1.807) is 0 Å². The molecule has 1 unspecified atom stereocenters. The van der Waals surface area contributed by atoms with Crippen LogP contribution in [-0.4, -0.2) is 103 Å². The van der Waals surface area contributed by atoms with E-state index in [0.717, 1.165) is 6.92 Å². The molecule has 1 fully saturated rings. The van der Waals surface area contributed by atoms with Gasteiger partial charge in [-0.3, -0.25) is 4.79 Å². The van der Waals surface area contributed by atoms with Crippen LogP contribution in [0.1, 0.15) is 13.8 Å². The van der Waals surface area contributed by atoms with Crippen LogP contribution < -0.4 is 0 Å². The molecule has 7 N–H and O–H groups in total. The molecule has 9 atom stereocenters. The van der Waals surface area contributed by atoms with E-state index in [0.29, 0.717) is 0 Å². The maximum Gasteiger partial charge on any atom is 0.187 e. The molecule has 0 aromatic rings. The topological polar surface area (TPSA) is 177 Å². The highest BCUT2D eigenvalue weighted by Crippen LogP contribution is 2.24. The Morgan fingerprint density at radius 3 is 2.17 bits per heavy atom. The molecule has 1 heterocycles. The summed E-state index contributed by atoms with van der Waals surface area (Å²) in [4.78, 5) is 11.1. The highest BCUT2D eigenvalue weighted by Gasteiger charge is 2.45. The second kappa shape index (κ2) is 8.42. The van der Waals surface area contributed by atoms with E-state index in [9.17, 15) is 35.4 Å². The van der Waals surface area contributed by atoms with Crippen LogP contribution in [0.4, 0.5) is 0 Å². The summed E-state index contributed by atoms with van der Waals surface area (Å²) in [7, 11) is 0. The Bertz CT molecular complexity index is 391. The van der Waals surface area contributed by atoms with Gasteiger partial charge in [-0.25, -0.2) is 0 Å². The molecule has 10 nitrogen and oxygen atoms in total. The predicted octanol–water partition coefficient (Wildman–Crippen LogP) is -4.14. The highest BCUT2D eigenvalue weighted by atomic mass is 16.7. The lowest BCUT2D eigenvalue weighted by Crippen LogP contribution is -2.60. The number of carbonyl (C=O) groups is 1. The zero-order chi connectivity index (χ0) is 17.9. The van der Waals surface area contributed by atoms with Crippen molar-refractivity contribution < 1.29 is 50.0 Å². The molecule has 1 aliphatic heterocycles. The quantitative estimate of drug-likeness (QED) is 0.241. The molecule has 0 saturated carbocycles. The first-order valence-corrected chi connectivity index (χ1v) is 7.12. The molecule has 0 spiro atoms. The summed E-state index contributed by atoms with van der Waals surface area (Å²) in [5, 5.41) is 67.4. The van der Waals surface area contributed by atoms with E-state index in [4.69, 9.17) is 14.6 Å². The van der Waals surface area contributed by atoms with Crippen molar-refractivity contribution in [3.8, 4) is 0 Å². The summed E-state index contributed by atoms with van der Waals surface area (Å²) in [6, 6.07) is 0. The Balaban J connectivity index is 2.90. The second-order valence-corrected chi connectivity index (χ2v) is 5.58. The van der Waals surface area contributed by atoms with Crippen LogP contribution in [0, 0.1) is 0 Å². The van der Waals surface area contributed by atoms with Gasteiger partial charge in [0.05, 0.1) is 12.7 Å². The first-order valence-electron chi connectivity index (χ1n) is 7.12. The third-order valence-electron chi connectivity index (χ3n) is 3.74. The Morgan fingerprint density at radius 1 is 1.13 bits per heavy atom. The fourth-order valence-electron chi connectivity index (χ4n) is 2.20. The Kier molecular flexibility index (Phi) is 7.45. The number of Topliss-reactive ketones (excluding diaryl/α,β-unsaturated/α-hetero) is 1. The highest BCUT2D eigenvalue weighted by molar-refractivity contribution is 5.80. The van der Waals surface area contributed by atoms with Gasteiger partial charge in [0.1, 0.15) is 42.7 Å². The van der Waals surface area contributed by atoms with Gasteiger partial charge in [-0.15, -0.1) is 0 Å². The van der Waals surface area contributed by atoms with Crippen LogP contribution >= 0.6 is 0 Å². The fraction of sp³-hybridized carbons (Fsp3) is 0.923. The van der Waals surface area contributed by atoms with Crippen molar-refractivity contribution in [3.63, 3.8) is 0 Å². The predicted molar refractivity (Wildman–Crippen MR) is 73.0 cm³/mol. The standard InChI is InChI=1S/C13H24O10/c1-4(15)7(17)10(20)12(6(16)3-14)23-13-11(21)9(19)8(18)5(2)22-13/h5-14,16-21H,3H2,1-2H3/t5-,6-,7+,8+,9+,10-,11-,12-,13?/m1/s1. The summed E-state index contributed by atoms with van der Waals surface area (Å²) >= 11 is 0. The number of ether oxygens (including phenoxy) is 2. The summed E-state index contributed by atoms with van der Waals surface area (Å²) in [6.45, 7) is 1.54. The fourth-order valence-corrected chi connectivity index (χ4v) is 2.20. The van der Waals surface area contributed by atoms with Crippen molar-refractivity contribution in [2.24, 2.45) is 0 Å². The monoisotopic (exact) mass is 340 g/mol. The van der Waals surface area contributed by atoms with Crippen LogP contribution in [0.3, 0.4) is 0 Å². The third-order valence-corrected chi connectivity index (χ3v) is 3.74. The SMILES string of the molecule is CC(=O)[C@H](O)[C@@H](O)[C@H](OC1O[C@H](C)[C@H](O)[C@H](O)[C@H]1O)[C@H](O)CO. The van der Waals surface area contributed by atoms with E-state index in [2.05, 4.69) is 0 Å². The van der Waals surface area contributed by atoms with Crippen LogP contribution in [0.5, 0.6) is 0 Å². The lowest BCUT2D eigenvalue weighted by molar-refractivity contribution is -0.320. The molecule has 136 valence electrons. The van der Waals surface area contributed by atoms with Crippen molar-refractivity contribution in [1.82, 2.24) is 0 Å². The lowest BCUT2D eigenvalue weighted by atomic mass is 9.98. The van der Waals surface area contributed by atoms with Crippen molar-refractivity contribution in [2.75, 3.05) is 6.61 Å². The van der Waals surface area contributed by atoms with Crippen LogP contribution in [0.2, 0.25) is 0 Å². The number of rotatable bonds is 7. The van der Waals surface area contributed by atoms with Gasteiger partial charge in [-0.1, -0.05) is 0 Å². The minimum absolute atomic E-state index is 0.801. The lowest BCUT2D eigenvalue weighted by Gasteiger charge is -2.41. The molecule has 0 aromatic heterocycles. The molecular weight excluding hydrogens is 316 g/mol.